The van der Waals surface area contributed by atoms with Crippen molar-refractivity contribution in [1.29, 1.82) is 0 Å². The Morgan fingerprint density at radius 3 is 1.88 bits per heavy atom. The normalized spacial score (nSPS) is 11.6. The SMILES string of the molecule is CN(C)CCCCCCCCN(O)C(=O)CCC(=O)OC(C)(C)C. The zero-order chi connectivity index (χ0) is 18.6. The predicted octanol–water partition coefficient (Wildman–Crippen LogP) is 3.23. The topological polar surface area (TPSA) is 70.1 Å². The van der Waals surface area contributed by atoms with E-state index >= 15 is 0 Å². The molecule has 0 saturated heterocycles. The highest BCUT2D eigenvalue weighted by atomic mass is 16.6. The molecule has 0 aliphatic heterocycles. The zero-order valence-corrected chi connectivity index (χ0v) is 16.1. The summed E-state index contributed by atoms with van der Waals surface area (Å²) in [4.78, 5) is 25.5. The van der Waals surface area contributed by atoms with Crippen LogP contribution in [0.5, 0.6) is 0 Å². The Labute approximate surface area is 147 Å². The molecular formula is C18H36N2O4. The van der Waals surface area contributed by atoms with Crippen molar-refractivity contribution in [3.63, 3.8) is 0 Å². The maximum absolute atomic E-state index is 11.7. The van der Waals surface area contributed by atoms with Gasteiger partial charge in [-0.1, -0.05) is 25.7 Å². The van der Waals surface area contributed by atoms with Crippen LogP contribution in [0.2, 0.25) is 0 Å². The second kappa shape index (κ2) is 12.3. The van der Waals surface area contributed by atoms with Crippen molar-refractivity contribution in [1.82, 2.24) is 9.96 Å². The molecule has 24 heavy (non-hydrogen) atoms. The number of amides is 1. The number of hydrogen-bond acceptors (Lipinski definition) is 5. The van der Waals surface area contributed by atoms with Crippen molar-refractivity contribution in [2.75, 3.05) is 27.2 Å². The smallest absolute Gasteiger partial charge is 0.306 e. The van der Waals surface area contributed by atoms with Crippen molar-refractivity contribution in [2.45, 2.75) is 77.7 Å². The lowest BCUT2D eigenvalue weighted by molar-refractivity contribution is -0.168. The molecule has 0 aromatic rings. The van der Waals surface area contributed by atoms with Gasteiger partial charge in [-0.2, -0.15) is 0 Å². The van der Waals surface area contributed by atoms with Crippen LogP contribution in [0.4, 0.5) is 0 Å². The first kappa shape index (κ1) is 22.9. The number of nitrogens with zero attached hydrogens (tertiary/aromatic N) is 2. The average Bonchev–Trinajstić information content (AvgIpc) is 2.45. The van der Waals surface area contributed by atoms with Crippen LogP contribution in [0.1, 0.15) is 72.1 Å². The number of unbranched alkanes of at least 4 members (excludes halogenated alkanes) is 5. The molecule has 0 atom stereocenters. The van der Waals surface area contributed by atoms with Gasteiger partial charge in [0.25, 0.3) is 0 Å². The second-order valence-corrected chi connectivity index (χ2v) is 7.53. The molecule has 0 fully saturated rings. The summed E-state index contributed by atoms with van der Waals surface area (Å²) in [7, 11) is 4.16. The zero-order valence-electron chi connectivity index (χ0n) is 16.1. The third-order valence-electron chi connectivity index (χ3n) is 3.48. The van der Waals surface area contributed by atoms with Gasteiger partial charge in [0.05, 0.1) is 6.42 Å². The number of carbonyl (C=O) groups excluding carboxylic acids is 2. The number of ether oxygens (including phenoxy) is 1. The van der Waals surface area contributed by atoms with Crippen molar-refractivity contribution in [3.05, 3.63) is 0 Å². The van der Waals surface area contributed by atoms with Gasteiger partial charge in [0.15, 0.2) is 0 Å². The van der Waals surface area contributed by atoms with E-state index in [2.05, 4.69) is 19.0 Å². The van der Waals surface area contributed by atoms with Crippen LogP contribution < -0.4 is 0 Å². The van der Waals surface area contributed by atoms with Crippen molar-refractivity contribution in [3.8, 4) is 0 Å². The molecule has 1 amide bonds. The predicted molar refractivity (Wildman–Crippen MR) is 94.8 cm³/mol. The van der Waals surface area contributed by atoms with Crippen LogP contribution in [0.15, 0.2) is 0 Å². The van der Waals surface area contributed by atoms with Gasteiger partial charge in [0.2, 0.25) is 5.91 Å². The molecule has 0 radical (unpaired) electrons. The van der Waals surface area contributed by atoms with Crippen LogP contribution in [-0.4, -0.2) is 59.8 Å². The lowest BCUT2D eigenvalue weighted by atomic mass is 10.1. The first-order valence-electron chi connectivity index (χ1n) is 8.97. The van der Waals surface area contributed by atoms with Crippen molar-refractivity contribution in [2.24, 2.45) is 0 Å². The Balaban J connectivity index is 3.64. The van der Waals surface area contributed by atoms with Crippen molar-refractivity contribution >= 4 is 11.9 Å². The van der Waals surface area contributed by atoms with Gasteiger partial charge in [-0.15, -0.1) is 0 Å². The fourth-order valence-electron chi connectivity index (χ4n) is 2.25. The first-order valence-corrected chi connectivity index (χ1v) is 8.97. The molecule has 0 aromatic heterocycles. The van der Waals surface area contributed by atoms with E-state index in [0.29, 0.717) is 6.54 Å². The molecular weight excluding hydrogens is 308 g/mol. The average molecular weight is 344 g/mol. The van der Waals surface area contributed by atoms with E-state index in [-0.39, 0.29) is 12.8 Å². The van der Waals surface area contributed by atoms with E-state index in [4.69, 9.17) is 4.74 Å². The summed E-state index contributed by atoms with van der Waals surface area (Å²) in [5, 5.41) is 10.4. The Morgan fingerprint density at radius 2 is 1.38 bits per heavy atom. The number of rotatable bonds is 12. The Bertz CT molecular complexity index is 365. The van der Waals surface area contributed by atoms with Gasteiger partial charge >= 0.3 is 5.97 Å². The molecule has 6 heteroatoms. The van der Waals surface area contributed by atoms with Gasteiger partial charge < -0.3 is 9.64 Å². The summed E-state index contributed by atoms with van der Waals surface area (Å²) in [5.74, 6) is -0.839. The quantitative estimate of drug-likeness (QED) is 0.255. The van der Waals surface area contributed by atoms with Gasteiger partial charge in [0, 0.05) is 13.0 Å². The molecule has 0 heterocycles. The lowest BCUT2D eigenvalue weighted by Crippen LogP contribution is -2.30. The molecule has 0 rings (SSSR count). The van der Waals surface area contributed by atoms with Crippen LogP contribution in [0.25, 0.3) is 0 Å². The minimum absolute atomic E-state index is 0.000954. The summed E-state index contributed by atoms with van der Waals surface area (Å²) in [6.45, 7) is 6.80. The Morgan fingerprint density at radius 1 is 0.875 bits per heavy atom. The Kier molecular flexibility index (Phi) is 11.7. The standard InChI is InChI=1S/C18H36N2O4/c1-18(2,3)24-17(22)13-12-16(21)20(23)15-11-9-7-6-8-10-14-19(4)5/h23H,6-15H2,1-5H3. The van der Waals surface area contributed by atoms with Crippen LogP contribution in [-0.2, 0) is 14.3 Å². The molecule has 1 N–H and O–H groups in total. The highest BCUT2D eigenvalue weighted by Crippen LogP contribution is 2.10. The fourth-order valence-corrected chi connectivity index (χ4v) is 2.25. The Hall–Kier alpha value is -1.14. The third kappa shape index (κ3) is 14.5. The summed E-state index contributed by atoms with van der Waals surface area (Å²) >= 11 is 0. The number of hydrogen-bond donors (Lipinski definition) is 1. The fraction of sp³-hybridized carbons (Fsp3) is 0.889. The van der Waals surface area contributed by atoms with E-state index in [1.54, 1.807) is 20.8 Å². The first-order chi connectivity index (χ1) is 11.1. The van der Waals surface area contributed by atoms with Gasteiger partial charge in [-0.25, -0.2) is 5.06 Å². The molecule has 0 bridgehead atoms. The third-order valence-corrected chi connectivity index (χ3v) is 3.48. The van der Waals surface area contributed by atoms with Crippen molar-refractivity contribution < 1.29 is 19.5 Å². The van der Waals surface area contributed by atoms with Gasteiger partial charge in [-0.3, -0.25) is 14.8 Å². The number of hydroxylamine groups is 2. The van der Waals surface area contributed by atoms with E-state index in [0.717, 1.165) is 30.9 Å². The lowest BCUT2D eigenvalue weighted by Gasteiger charge is -2.20. The maximum atomic E-state index is 11.7. The summed E-state index contributed by atoms with van der Waals surface area (Å²) in [6.07, 6.45) is 6.49. The van der Waals surface area contributed by atoms with E-state index < -0.39 is 17.5 Å². The molecule has 0 spiro atoms. The minimum atomic E-state index is -0.550. The minimum Gasteiger partial charge on any atom is -0.460 e. The number of carbonyl (C=O) groups is 2. The second-order valence-electron chi connectivity index (χ2n) is 7.53. The molecule has 0 unspecified atom stereocenters. The van der Waals surface area contributed by atoms with E-state index in [9.17, 15) is 14.8 Å². The van der Waals surface area contributed by atoms with E-state index in [1.807, 2.05) is 0 Å². The molecule has 142 valence electrons. The van der Waals surface area contributed by atoms with Crippen LogP contribution >= 0.6 is 0 Å². The van der Waals surface area contributed by atoms with Gasteiger partial charge in [-0.05, 0) is 54.3 Å². The summed E-state index contributed by atoms with van der Waals surface area (Å²) in [6, 6.07) is 0. The van der Waals surface area contributed by atoms with Gasteiger partial charge in [0.1, 0.15) is 5.60 Å². The summed E-state index contributed by atoms with van der Waals surface area (Å²) < 4.78 is 5.13. The highest BCUT2D eigenvalue weighted by molar-refractivity contribution is 5.80. The highest BCUT2D eigenvalue weighted by Gasteiger charge is 2.18. The molecule has 0 aromatic carbocycles. The molecule has 0 aliphatic rings. The molecule has 0 saturated carbocycles. The molecule has 0 aliphatic carbocycles. The largest absolute Gasteiger partial charge is 0.460 e. The molecule has 6 nitrogen and oxygen atoms in total. The number of esters is 1. The van der Waals surface area contributed by atoms with Crippen LogP contribution in [0, 0.1) is 0 Å². The maximum Gasteiger partial charge on any atom is 0.306 e. The summed E-state index contributed by atoms with van der Waals surface area (Å²) in [5.41, 5.74) is -0.550. The van der Waals surface area contributed by atoms with E-state index in [1.165, 1.54) is 19.3 Å². The van der Waals surface area contributed by atoms with Crippen LogP contribution in [0.3, 0.4) is 0 Å². The monoisotopic (exact) mass is 344 g/mol.